The van der Waals surface area contributed by atoms with Crippen molar-refractivity contribution in [3.05, 3.63) is 81.9 Å². The van der Waals surface area contributed by atoms with Gasteiger partial charge in [-0.2, -0.15) is 0 Å². The normalized spacial score (nSPS) is 40.1. The number of allylic oxidation sites excluding steroid dienone is 5. The first kappa shape index (κ1) is 42.2. The molecule has 314 valence electrons. The van der Waals surface area contributed by atoms with Crippen LogP contribution in [0.4, 0.5) is 0 Å². The molecule has 0 aromatic carbocycles. The molecule has 13 atom stereocenters. The number of carbonyl (C=O) groups is 4. The fraction of sp³-hybridized carbons (Fsp3) is 0.600. The van der Waals surface area contributed by atoms with Gasteiger partial charge in [-0.15, -0.1) is 0 Å². The number of aromatic amines is 1. The Morgan fingerprint density at radius 3 is 2.52 bits per heavy atom. The number of ether oxygens (including phenoxy) is 3. The fourth-order valence-corrected chi connectivity index (χ4v) is 11.5. The minimum atomic E-state index is -1.74. The molecule has 4 aliphatic carbocycles. The number of amides is 1. The Labute approximate surface area is 344 Å². The van der Waals surface area contributed by atoms with E-state index >= 15 is 4.79 Å². The van der Waals surface area contributed by atoms with E-state index in [1.165, 1.54) is 0 Å². The number of hydrogen-bond acceptors (Lipinski definition) is 9. The average Bonchev–Trinajstić information content (AvgIpc) is 3.72. The number of Topliss-reactive ketones (excluding diaryl/α,β-unsaturated/α-hetero) is 1. The van der Waals surface area contributed by atoms with E-state index in [0.29, 0.717) is 37.3 Å². The topological polar surface area (TPSA) is 184 Å². The predicted octanol–water partition coefficient (Wildman–Crippen LogP) is 7.31. The molecule has 12 nitrogen and oxygen atoms in total. The molecule has 2 saturated heterocycles. The zero-order valence-electron chi connectivity index (χ0n) is 34.1. The standard InChI is InChI=1S/C45H57ClN2O10/c1-7-26-21-45-39(51)35(42(55)58-45)38(50)44(8-2)27(12-10-9-11-23(3)20-43(45,6)22-29(26)41(53)54)14-15-28-30(44)16-13-24(4)37(28)57-34-19-32(49)36(25(5)56-34)48-40(52)31-17-18-33(46)47-31/h9-10,14-15,17-18,20,22,24-28,30,32,34,36-37,47,49-50H,7-8,11-13,16,19,21H2,1-6H3,(H,48,52)(H,53,54)/t24-,25+,26-,27+,28-,30+,32+,34-,36+,37-,43-,44+,45+/m0/s1. The van der Waals surface area contributed by atoms with Crippen LogP contribution in [-0.4, -0.2) is 80.2 Å². The van der Waals surface area contributed by atoms with Gasteiger partial charge in [0.15, 0.2) is 11.9 Å². The first-order valence-corrected chi connectivity index (χ1v) is 21.2. The summed E-state index contributed by atoms with van der Waals surface area (Å²) in [6.07, 6.45) is 12.6. The number of carboxylic acids is 1. The Balaban J connectivity index is 1.24. The Kier molecular flexibility index (Phi) is 11.6. The molecule has 6 aliphatic rings. The van der Waals surface area contributed by atoms with Crippen molar-refractivity contribution in [3.8, 4) is 0 Å². The zero-order chi connectivity index (χ0) is 41.9. The molecule has 1 saturated carbocycles. The lowest BCUT2D eigenvalue weighted by Gasteiger charge is -2.55. The lowest BCUT2D eigenvalue weighted by molar-refractivity contribution is -0.258. The van der Waals surface area contributed by atoms with E-state index in [4.69, 9.17) is 25.8 Å². The SMILES string of the molecule is CC[C@H]1C[C@]23OC(=O)C(=C(O)[C@@]4(CC)[C@@H]5CC[C@H](C)[C@H](O[C@H]6C[C@@H](O)[C@H](NC(=O)c7ccc(Cl)[nH]7)[C@@H](C)O6)[C@H]5C=C[C@H]4CC=CCC(C)=C[C@@]2(C)C=C1C(=O)O)C3=O. The van der Waals surface area contributed by atoms with Crippen LogP contribution in [0.2, 0.25) is 5.15 Å². The average molecular weight is 821 g/mol. The van der Waals surface area contributed by atoms with Gasteiger partial charge in [0.1, 0.15) is 22.2 Å². The van der Waals surface area contributed by atoms with Gasteiger partial charge < -0.3 is 39.8 Å². The van der Waals surface area contributed by atoms with Crippen LogP contribution >= 0.6 is 11.6 Å². The summed E-state index contributed by atoms with van der Waals surface area (Å²) in [7, 11) is 0. The second-order valence-corrected chi connectivity index (χ2v) is 18.1. The Bertz CT molecular complexity index is 1990. The number of rotatable bonds is 7. The van der Waals surface area contributed by atoms with Gasteiger partial charge in [0.05, 0.1) is 29.8 Å². The molecule has 1 aromatic heterocycles. The van der Waals surface area contributed by atoms with Gasteiger partial charge in [-0.1, -0.05) is 74.4 Å². The summed E-state index contributed by atoms with van der Waals surface area (Å²) < 4.78 is 19.4. The fourth-order valence-electron chi connectivity index (χ4n) is 11.3. The third-order valence-corrected chi connectivity index (χ3v) is 14.6. The monoisotopic (exact) mass is 820 g/mol. The Hall–Kier alpha value is -3.97. The molecule has 2 aliphatic heterocycles. The number of ketones is 1. The highest BCUT2D eigenvalue weighted by atomic mass is 35.5. The molecular weight excluding hydrogens is 764 g/mol. The number of aliphatic carboxylic acids is 1. The molecule has 2 bridgehead atoms. The van der Waals surface area contributed by atoms with E-state index in [1.54, 1.807) is 32.1 Å². The van der Waals surface area contributed by atoms with Gasteiger partial charge in [0.25, 0.3) is 5.91 Å². The molecule has 58 heavy (non-hydrogen) atoms. The first-order valence-electron chi connectivity index (χ1n) is 20.8. The van der Waals surface area contributed by atoms with Crippen LogP contribution in [0.3, 0.4) is 0 Å². The number of aliphatic hydroxyl groups excluding tert-OH is 2. The van der Waals surface area contributed by atoms with Crippen molar-refractivity contribution in [2.45, 2.75) is 129 Å². The quantitative estimate of drug-likeness (QED) is 0.106. The van der Waals surface area contributed by atoms with E-state index < -0.39 is 76.6 Å². The van der Waals surface area contributed by atoms with Gasteiger partial charge in [-0.25, -0.2) is 9.59 Å². The molecular formula is C45H57ClN2O10. The summed E-state index contributed by atoms with van der Waals surface area (Å²) in [6, 6.07) is 2.44. The van der Waals surface area contributed by atoms with Crippen molar-refractivity contribution in [1.29, 1.82) is 0 Å². The molecule has 1 spiro atoms. The summed E-state index contributed by atoms with van der Waals surface area (Å²) in [5, 5.41) is 37.5. The van der Waals surface area contributed by atoms with Crippen molar-refractivity contribution < 1.29 is 48.7 Å². The summed E-state index contributed by atoms with van der Waals surface area (Å²) >= 11 is 5.97. The van der Waals surface area contributed by atoms with Crippen molar-refractivity contribution in [2.75, 3.05) is 0 Å². The van der Waals surface area contributed by atoms with E-state index in [1.807, 2.05) is 26.8 Å². The molecule has 0 radical (unpaired) electrons. The van der Waals surface area contributed by atoms with Crippen molar-refractivity contribution >= 4 is 35.2 Å². The summed E-state index contributed by atoms with van der Waals surface area (Å²) in [5.74, 6) is -4.51. The number of fused-ring (bicyclic) bond motifs is 4. The van der Waals surface area contributed by atoms with Crippen LogP contribution in [0.1, 0.15) is 103 Å². The number of aromatic nitrogens is 1. The summed E-state index contributed by atoms with van der Waals surface area (Å²) in [4.78, 5) is 57.6. The van der Waals surface area contributed by atoms with E-state index in [2.05, 4.69) is 41.5 Å². The highest BCUT2D eigenvalue weighted by Gasteiger charge is 2.67. The molecule has 5 N–H and O–H groups in total. The van der Waals surface area contributed by atoms with Crippen LogP contribution in [0.25, 0.3) is 0 Å². The molecule has 13 heteroatoms. The second-order valence-electron chi connectivity index (χ2n) is 17.7. The smallest absolute Gasteiger partial charge is 0.346 e. The lowest BCUT2D eigenvalue weighted by Crippen LogP contribution is -2.58. The number of carbonyl (C=O) groups excluding carboxylic acids is 3. The molecule has 3 heterocycles. The number of esters is 1. The molecule has 1 amide bonds. The number of nitrogens with one attached hydrogen (secondary N) is 2. The minimum absolute atomic E-state index is 0.0163. The van der Waals surface area contributed by atoms with Crippen LogP contribution < -0.4 is 5.32 Å². The van der Waals surface area contributed by atoms with Gasteiger partial charge >= 0.3 is 11.9 Å². The van der Waals surface area contributed by atoms with Crippen LogP contribution in [0.15, 0.2) is 71.1 Å². The summed E-state index contributed by atoms with van der Waals surface area (Å²) in [5.41, 5.74) is -3.08. The maximum absolute atomic E-state index is 15.1. The highest BCUT2D eigenvalue weighted by molar-refractivity contribution is 6.29. The third kappa shape index (κ3) is 6.91. The van der Waals surface area contributed by atoms with Gasteiger partial charge in [-0.05, 0) is 95.1 Å². The van der Waals surface area contributed by atoms with Crippen molar-refractivity contribution in [1.82, 2.24) is 10.3 Å². The number of H-pyrrole nitrogens is 1. The minimum Gasteiger partial charge on any atom is -0.511 e. The molecule has 3 fully saturated rings. The number of hydrogen-bond donors (Lipinski definition) is 5. The van der Waals surface area contributed by atoms with Crippen LogP contribution in [0.5, 0.6) is 0 Å². The number of aliphatic hydroxyl groups is 2. The summed E-state index contributed by atoms with van der Waals surface area (Å²) in [6.45, 7) is 11.4. The molecule has 0 unspecified atom stereocenters. The molecule has 7 rings (SSSR count). The maximum atomic E-state index is 15.1. The lowest BCUT2D eigenvalue weighted by atomic mass is 9.51. The van der Waals surface area contributed by atoms with E-state index in [0.717, 1.165) is 12.0 Å². The number of carboxylic acid groups (broad SMARTS) is 1. The van der Waals surface area contributed by atoms with E-state index in [9.17, 15) is 29.7 Å². The first-order chi connectivity index (χ1) is 27.5. The number of halogens is 1. The second kappa shape index (κ2) is 15.9. The largest absolute Gasteiger partial charge is 0.511 e. The molecule has 1 aromatic rings. The Morgan fingerprint density at radius 2 is 1.86 bits per heavy atom. The van der Waals surface area contributed by atoms with Crippen LogP contribution in [0, 0.1) is 40.4 Å². The van der Waals surface area contributed by atoms with Crippen LogP contribution in [-0.2, 0) is 28.6 Å². The highest BCUT2D eigenvalue weighted by Crippen LogP contribution is 2.61. The third-order valence-electron chi connectivity index (χ3n) is 14.4. The predicted molar refractivity (Wildman–Crippen MR) is 215 cm³/mol. The maximum Gasteiger partial charge on any atom is 0.346 e. The van der Waals surface area contributed by atoms with Gasteiger partial charge in [0, 0.05) is 29.7 Å². The van der Waals surface area contributed by atoms with Crippen molar-refractivity contribution in [2.24, 2.45) is 40.4 Å². The van der Waals surface area contributed by atoms with Gasteiger partial charge in [0.2, 0.25) is 5.78 Å². The van der Waals surface area contributed by atoms with Gasteiger partial charge in [-0.3, -0.25) is 9.59 Å². The van der Waals surface area contributed by atoms with Crippen molar-refractivity contribution in [3.63, 3.8) is 0 Å². The Morgan fingerprint density at radius 1 is 1.10 bits per heavy atom. The van der Waals surface area contributed by atoms with E-state index in [-0.39, 0.29) is 59.1 Å². The zero-order valence-corrected chi connectivity index (χ0v) is 34.9.